The summed E-state index contributed by atoms with van der Waals surface area (Å²) in [6, 6.07) is 11.3. The van der Waals surface area contributed by atoms with Crippen LogP contribution >= 0.6 is 0 Å². The Hall–Kier alpha value is -3.78. The number of carboxylic acids is 1. The number of carbonyl (C=O) groups is 4. The first-order chi connectivity index (χ1) is 21.5. The Morgan fingerprint density at radius 1 is 1.04 bits per heavy atom. The van der Waals surface area contributed by atoms with E-state index >= 15 is 0 Å². The number of esters is 1. The lowest BCUT2D eigenvalue weighted by Crippen LogP contribution is -2.63. The molecule has 46 heavy (non-hydrogen) atoms. The van der Waals surface area contributed by atoms with Crippen molar-refractivity contribution >= 4 is 23.5 Å². The van der Waals surface area contributed by atoms with Gasteiger partial charge in [-0.2, -0.15) is 0 Å². The molecular weight excluding hydrogens is 584 g/mol. The number of furan rings is 1. The van der Waals surface area contributed by atoms with Crippen LogP contribution < -0.4 is 0 Å². The molecule has 2 aromatic rings. The molecule has 3 aliphatic carbocycles. The van der Waals surface area contributed by atoms with Gasteiger partial charge in [0.1, 0.15) is 5.76 Å². The van der Waals surface area contributed by atoms with Gasteiger partial charge in [-0.3, -0.25) is 19.2 Å². The molecule has 8 nitrogen and oxygen atoms in total. The van der Waals surface area contributed by atoms with Crippen molar-refractivity contribution in [1.82, 2.24) is 0 Å². The first kappa shape index (κ1) is 33.6. The molecule has 7 atom stereocenters. The smallest absolute Gasteiger partial charge is 0.313 e. The largest absolute Gasteiger partial charge is 0.481 e. The molecule has 1 saturated heterocycles. The summed E-state index contributed by atoms with van der Waals surface area (Å²) < 4.78 is 16.8. The molecule has 4 aliphatic rings. The standard InChI is InChI=1S/C23H30O6.C15H16O2/c1-12-6-7-13-19(12)23(4)15(11-18(25)28-5)22(3)14(10-17(23)29-13)21(2,20(26)27)9-8-16(22)24;1-15(2,3)14(16)12-8-6-11(7-9-12)13-5-4-10-17-13/h8-9,13-15,17H,6-7,10-11H2,1-5H3,(H,26,27);4-10H,1-3H3. The maximum Gasteiger partial charge on any atom is 0.313 e. The average molecular weight is 631 g/mol. The second kappa shape index (κ2) is 11.8. The van der Waals surface area contributed by atoms with E-state index in [0.29, 0.717) is 6.42 Å². The number of Topliss-reactive ketones (excluding diaryl/α,β-unsaturated/α-hetero) is 1. The highest BCUT2D eigenvalue weighted by Gasteiger charge is 2.70. The van der Waals surface area contributed by atoms with Crippen LogP contribution in [0.3, 0.4) is 0 Å². The number of ether oxygens (including phenoxy) is 2. The molecule has 1 aromatic carbocycles. The van der Waals surface area contributed by atoms with Crippen LogP contribution in [-0.2, 0) is 23.9 Å². The summed E-state index contributed by atoms with van der Waals surface area (Å²) in [7, 11) is 1.35. The SMILES string of the molecule is CC(C)(C)C(=O)c1ccc(-c2ccco2)cc1.COC(=O)CC1C2(C)C3=C(C)CCC3OC2CC2C(C)(C(=O)O)C=CC(=O)C21C. The van der Waals surface area contributed by atoms with Crippen molar-refractivity contribution in [2.24, 2.45) is 33.5 Å². The predicted octanol–water partition coefficient (Wildman–Crippen LogP) is 7.48. The first-order valence-corrected chi connectivity index (χ1v) is 16.1. The predicted molar refractivity (Wildman–Crippen MR) is 173 cm³/mol. The maximum atomic E-state index is 13.4. The summed E-state index contributed by atoms with van der Waals surface area (Å²) in [6.07, 6.45) is 6.77. The second-order valence-corrected chi connectivity index (χ2v) is 15.0. The molecule has 7 unspecified atom stereocenters. The number of fused-ring (bicyclic) bond motifs is 4. The average Bonchev–Trinajstić information content (AvgIpc) is 3.74. The molecule has 1 saturated carbocycles. The number of allylic oxidation sites excluding steroid dienone is 2. The fourth-order valence-electron chi connectivity index (χ4n) is 8.71. The van der Waals surface area contributed by atoms with Crippen molar-refractivity contribution in [3.63, 3.8) is 0 Å². The zero-order valence-electron chi connectivity index (χ0n) is 28.1. The van der Waals surface area contributed by atoms with E-state index in [0.717, 1.165) is 29.7 Å². The van der Waals surface area contributed by atoms with Crippen molar-refractivity contribution in [3.05, 3.63) is 71.5 Å². The minimum absolute atomic E-state index is 0.00644. The molecule has 2 heterocycles. The molecule has 2 fully saturated rings. The van der Waals surface area contributed by atoms with E-state index in [2.05, 4.69) is 13.8 Å². The number of rotatable bonds is 5. The van der Waals surface area contributed by atoms with E-state index in [1.54, 1.807) is 13.2 Å². The van der Waals surface area contributed by atoms with Gasteiger partial charge in [0, 0.05) is 27.4 Å². The zero-order valence-corrected chi connectivity index (χ0v) is 28.1. The van der Waals surface area contributed by atoms with Crippen LogP contribution in [0.4, 0.5) is 0 Å². The number of carboxylic acid groups (broad SMARTS) is 1. The van der Waals surface area contributed by atoms with Crippen LogP contribution in [0.1, 0.15) is 84.5 Å². The Labute approximate surface area is 271 Å². The Kier molecular flexibility index (Phi) is 8.60. The van der Waals surface area contributed by atoms with E-state index in [-0.39, 0.29) is 41.6 Å². The number of benzene rings is 1. The van der Waals surface area contributed by atoms with Gasteiger partial charge >= 0.3 is 11.9 Å². The normalized spacial score (nSPS) is 33.0. The van der Waals surface area contributed by atoms with E-state index in [9.17, 15) is 24.3 Å². The van der Waals surface area contributed by atoms with Crippen LogP contribution in [-0.4, -0.2) is 47.9 Å². The summed E-state index contributed by atoms with van der Waals surface area (Å²) in [5, 5.41) is 10.1. The molecule has 0 spiro atoms. The van der Waals surface area contributed by atoms with Crippen LogP contribution in [0.25, 0.3) is 11.3 Å². The van der Waals surface area contributed by atoms with Crippen LogP contribution in [0, 0.1) is 33.5 Å². The molecule has 0 amide bonds. The molecule has 0 bridgehead atoms. The number of hydrogen-bond donors (Lipinski definition) is 1. The quantitative estimate of drug-likeness (QED) is 0.205. The number of ketones is 2. The van der Waals surface area contributed by atoms with Crippen molar-refractivity contribution in [2.75, 3.05) is 7.11 Å². The highest BCUT2D eigenvalue weighted by Crippen LogP contribution is 2.69. The fourth-order valence-corrected chi connectivity index (χ4v) is 8.71. The van der Waals surface area contributed by atoms with Crippen molar-refractivity contribution in [2.45, 2.75) is 86.4 Å². The number of aliphatic carboxylic acids is 1. The third kappa shape index (κ3) is 5.28. The summed E-state index contributed by atoms with van der Waals surface area (Å²) in [5.74, 6) is -1.31. The maximum absolute atomic E-state index is 13.4. The fraction of sp³-hybridized carbons (Fsp3) is 0.526. The number of methoxy groups -OCH3 is 1. The lowest BCUT2D eigenvalue weighted by Gasteiger charge is -2.60. The molecule has 8 heteroatoms. The molecule has 1 aliphatic heterocycles. The van der Waals surface area contributed by atoms with E-state index in [1.807, 2.05) is 64.1 Å². The van der Waals surface area contributed by atoms with E-state index in [4.69, 9.17) is 13.9 Å². The van der Waals surface area contributed by atoms with E-state index < -0.39 is 34.1 Å². The lowest BCUT2D eigenvalue weighted by molar-refractivity contribution is -0.179. The Morgan fingerprint density at radius 3 is 2.28 bits per heavy atom. The van der Waals surface area contributed by atoms with Gasteiger partial charge in [0.25, 0.3) is 0 Å². The van der Waals surface area contributed by atoms with Crippen molar-refractivity contribution in [3.8, 4) is 11.3 Å². The summed E-state index contributed by atoms with van der Waals surface area (Å²) in [5.41, 5.74) is 1.20. The Morgan fingerprint density at radius 2 is 1.72 bits per heavy atom. The molecular formula is C38H46O8. The van der Waals surface area contributed by atoms with Gasteiger partial charge in [0.05, 0.1) is 37.4 Å². The zero-order chi connectivity index (χ0) is 33.8. The number of carbonyl (C=O) groups excluding carboxylic acids is 3. The Balaban J connectivity index is 0.000000209. The van der Waals surface area contributed by atoms with Gasteiger partial charge in [0.2, 0.25) is 0 Å². The van der Waals surface area contributed by atoms with Gasteiger partial charge in [-0.15, -0.1) is 0 Å². The monoisotopic (exact) mass is 630 g/mol. The topological polar surface area (TPSA) is 120 Å². The molecule has 1 N–H and O–H groups in total. The highest BCUT2D eigenvalue weighted by molar-refractivity contribution is 6.00. The van der Waals surface area contributed by atoms with Gasteiger partial charge in [-0.25, -0.2) is 0 Å². The van der Waals surface area contributed by atoms with Gasteiger partial charge in [-0.1, -0.05) is 70.5 Å². The highest BCUT2D eigenvalue weighted by atomic mass is 16.5. The second-order valence-electron chi connectivity index (χ2n) is 15.0. The van der Waals surface area contributed by atoms with Gasteiger partial charge in [0.15, 0.2) is 11.6 Å². The summed E-state index contributed by atoms with van der Waals surface area (Å²) >= 11 is 0. The van der Waals surface area contributed by atoms with Crippen LogP contribution in [0.2, 0.25) is 0 Å². The van der Waals surface area contributed by atoms with Crippen LogP contribution in [0.5, 0.6) is 0 Å². The Bertz CT molecular complexity index is 1590. The van der Waals surface area contributed by atoms with Gasteiger partial charge in [-0.05, 0) is 68.7 Å². The molecule has 6 rings (SSSR count). The third-order valence-corrected chi connectivity index (χ3v) is 11.3. The first-order valence-electron chi connectivity index (χ1n) is 16.1. The summed E-state index contributed by atoms with van der Waals surface area (Å²) in [6.45, 7) is 13.5. The van der Waals surface area contributed by atoms with Crippen molar-refractivity contribution < 1.29 is 38.2 Å². The minimum atomic E-state index is -1.19. The molecule has 1 aromatic heterocycles. The molecule has 246 valence electrons. The van der Waals surface area contributed by atoms with E-state index in [1.165, 1.54) is 30.4 Å². The minimum Gasteiger partial charge on any atom is -0.481 e. The number of hydrogen-bond acceptors (Lipinski definition) is 7. The molecule has 0 radical (unpaired) electrons. The van der Waals surface area contributed by atoms with Crippen molar-refractivity contribution in [1.29, 1.82) is 0 Å². The summed E-state index contributed by atoms with van der Waals surface area (Å²) in [4.78, 5) is 50.2. The van der Waals surface area contributed by atoms with Crippen LogP contribution in [0.15, 0.2) is 70.4 Å². The lowest BCUT2D eigenvalue weighted by atomic mass is 9.42. The van der Waals surface area contributed by atoms with Gasteiger partial charge < -0.3 is 19.0 Å². The third-order valence-electron chi connectivity index (χ3n) is 11.3.